The second kappa shape index (κ2) is 16.4. The molecular weight excluding hydrogens is 690 g/mol. The molecule has 0 radical (unpaired) electrons. The van der Waals surface area contributed by atoms with Crippen LogP contribution in [0.5, 0.6) is 0 Å². The second-order valence-electron chi connectivity index (χ2n) is 12.3. The van der Waals surface area contributed by atoms with Crippen molar-refractivity contribution in [3.05, 3.63) is 60.6 Å². The number of carbonyl (C=O) groups is 1. The third-order valence-electron chi connectivity index (χ3n) is 8.17. The molecular formula is C32H44N7O7PS2. The summed E-state index contributed by atoms with van der Waals surface area (Å²) in [6.07, 6.45) is 1.41. The quantitative estimate of drug-likeness (QED) is 0.0996. The van der Waals surface area contributed by atoms with E-state index in [0.717, 1.165) is 0 Å². The lowest BCUT2D eigenvalue weighted by molar-refractivity contribution is 0.0126. The van der Waals surface area contributed by atoms with Crippen LogP contribution in [-0.2, 0) is 28.5 Å². The number of nitrogens with zero attached hydrogens (tertiary/aromatic N) is 5. The van der Waals surface area contributed by atoms with Gasteiger partial charge in [0.2, 0.25) is 0 Å². The van der Waals surface area contributed by atoms with Crippen LogP contribution in [0, 0.1) is 0 Å². The summed E-state index contributed by atoms with van der Waals surface area (Å²) in [4.78, 5) is 28.2. The third kappa shape index (κ3) is 8.86. The minimum Gasteiger partial charge on any atom is -0.462 e. The lowest BCUT2D eigenvalue weighted by Crippen LogP contribution is -2.48. The second-order valence-corrected chi connectivity index (χ2v) is 16.3. The van der Waals surface area contributed by atoms with Gasteiger partial charge < -0.3 is 24.2 Å². The van der Waals surface area contributed by atoms with Crippen molar-refractivity contribution < 1.29 is 33.2 Å². The highest BCUT2D eigenvalue weighted by Gasteiger charge is 2.53. The van der Waals surface area contributed by atoms with Gasteiger partial charge in [-0.2, -0.15) is 5.48 Å². The monoisotopic (exact) mass is 734 g/mol. The van der Waals surface area contributed by atoms with E-state index in [0.29, 0.717) is 23.5 Å². The minimum absolute atomic E-state index is 0.0324. The molecule has 6 atom stereocenters. The van der Waals surface area contributed by atoms with Crippen molar-refractivity contribution in [2.24, 2.45) is 4.99 Å². The van der Waals surface area contributed by atoms with Gasteiger partial charge in [-0.3, -0.25) is 9.79 Å². The Kier molecular flexibility index (Phi) is 12.0. The number of hydroxylamine groups is 1. The van der Waals surface area contributed by atoms with Crippen molar-refractivity contribution in [3.8, 4) is 0 Å². The summed E-state index contributed by atoms with van der Waals surface area (Å²) in [7, 11) is -4.94. The first-order valence-corrected chi connectivity index (χ1v) is 19.4. The topological polar surface area (TPSA) is 157 Å². The predicted molar refractivity (Wildman–Crippen MR) is 193 cm³/mol. The van der Waals surface area contributed by atoms with Crippen LogP contribution < -0.4 is 10.8 Å². The van der Waals surface area contributed by atoms with E-state index in [2.05, 4.69) is 37.0 Å². The Bertz CT molecular complexity index is 1630. The van der Waals surface area contributed by atoms with Crippen molar-refractivity contribution in [1.82, 2.24) is 25.0 Å². The van der Waals surface area contributed by atoms with E-state index in [-0.39, 0.29) is 60.5 Å². The number of benzene rings is 1. The van der Waals surface area contributed by atoms with E-state index in [4.69, 9.17) is 32.2 Å². The standard InChI is InChI=1S/C32H44N7O7PS2/c1-7-13-36-46-47(39(20(2)3)21(4)5)45-27-22(6)43-28(29(27)44-32(48)38-14-16-49(41,42)17-15-38)24-18-33-26-25(24)34-19-35-30(26)37-31(40)23-11-9-8-10-12-23/h7-12,18-22,24,27-29,36H,1,13-17H2,2-6H3,(H,34,35,37,40)/t22-,24?,27+,28+,29?,47?/m1/s1/i6D. The number of hydrogen-bond donors (Lipinski definition) is 2. The molecule has 0 spiro atoms. The zero-order chi connectivity index (χ0) is 36.0. The maximum absolute atomic E-state index is 13.0. The number of thiocarbonyl (C=S) groups is 1. The van der Waals surface area contributed by atoms with Crippen LogP contribution >= 0.6 is 20.7 Å². The molecule has 49 heavy (non-hydrogen) atoms. The number of anilines is 1. The molecule has 2 aromatic rings. The van der Waals surface area contributed by atoms with E-state index >= 15 is 0 Å². The Morgan fingerprint density at radius 3 is 2.57 bits per heavy atom. The number of carbonyl (C=O) groups excluding carboxylic acids is 1. The molecule has 2 fully saturated rings. The number of nitrogens with one attached hydrogen (secondary N) is 2. The Morgan fingerprint density at radius 1 is 1.20 bits per heavy atom. The van der Waals surface area contributed by atoms with Crippen LogP contribution in [0.15, 0.2) is 54.3 Å². The van der Waals surface area contributed by atoms with E-state index in [1.54, 1.807) is 41.5 Å². The number of ether oxygens (including phenoxy) is 2. The Morgan fingerprint density at radius 2 is 1.92 bits per heavy atom. The average Bonchev–Trinajstić information content (AvgIpc) is 3.66. The SMILES string of the molecule is [2H]C[C@H]1O[C@@H](C2C=Nc3c(NC(=O)c4ccccc4)ncnc32)C(OC(=S)N2CCS(=O)(=O)CC2)[C@H]1OP(ONCC=C)N(C(C)C)C(C)C. The van der Waals surface area contributed by atoms with Crippen LogP contribution in [0.2, 0.25) is 0 Å². The van der Waals surface area contributed by atoms with E-state index in [1.165, 1.54) is 6.33 Å². The van der Waals surface area contributed by atoms with Crippen molar-refractivity contribution >= 4 is 59.4 Å². The number of aromatic nitrogens is 2. The molecule has 3 aliphatic rings. The molecule has 3 unspecified atom stereocenters. The van der Waals surface area contributed by atoms with Gasteiger partial charge in [0.15, 0.2) is 21.8 Å². The average molecular weight is 735 g/mol. The van der Waals surface area contributed by atoms with Crippen molar-refractivity contribution in [2.75, 3.05) is 36.5 Å². The van der Waals surface area contributed by atoms with E-state index < -0.39 is 48.7 Å². The molecule has 14 nitrogen and oxygen atoms in total. The molecule has 1 aromatic carbocycles. The van der Waals surface area contributed by atoms with E-state index in [9.17, 15) is 13.2 Å². The zero-order valence-electron chi connectivity index (χ0n) is 29.0. The molecule has 1 aromatic heterocycles. The number of sulfone groups is 1. The fraction of sp³-hybridized carbons (Fsp3) is 0.531. The van der Waals surface area contributed by atoms with Gasteiger partial charge in [0.25, 0.3) is 19.6 Å². The molecule has 0 bridgehead atoms. The smallest absolute Gasteiger partial charge is 0.277 e. The summed E-state index contributed by atoms with van der Waals surface area (Å²) in [6, 6.07) is 8.83. The maximum Gasteiger partial charge on any atom is 0.277 e. The van der Waals surface area contributed by atoms with Gasteiger partial charge in [-0.25, -0.2) is 27.7 Å². The molecule has 2 N–H and O–H groups in total. The first kappa shape index (κ1) is 35.9. The first-order valence-electron chi connectivity index (χ1n) is 16.8. The minimum atomic E-state index is -3.17. The summed E-state index contributed by atoms with van der Waals surface area (Å²) >= 11 is 5.75. The predicted octanol–water partition coefficient (Wildman–Crippen LogP) is 4.15. The summed E-state index contributed by atoms with van der Waals surface area (Å²) in [6.45, 7) is 12.5. The van der Waals surface area contributed by atoms with Gasteiger partial charge in [-0.15, -0.1) is 6.58 Å². The van der Waals surface area contributed by atoms with Gasteiger partial charge in [-0.1, -0.05) is 24.3 Å². The van der Waals surface area contributed by atoms with Gasteiger partial charge >= 0.3 is 0 Å². The lowest BCUT2D eigenvalue weighted by Gasteiger charge is -2.38. The molecule has 5 rings (SSSR count). The number of fused-ring (bicyclic) bond motifs is 1. The third-order valence-corrected chi connectivity index (χ3v) is 12.1. The summed E-state index contributed by atoms with van der Waals surface area (Å²) in [5.41, 5.74) is 4.25. The Balaban J connectivity index is 1.47. The first-order chi connectivity index (χ1) is 23.9. The van der Waals surface area contributed by atoms with Crippen LogP contribution in [0.4, 0.5) is 11.5 Å². The largest absolute Gasteiger partial charge is 0.462 e. The van der Waals surface area contributed by atoms with Gasteiger partial charge in [-0.05, 0) is 58.9 Å². The van der Waals surface area contributed by atoms with Crippen LogP contribution in [-0.4, -0.2) is 113 Å². The number of hydrogen-bond acceptors (Lipinski definition) is 13. The molecule has 266 valence electrons. The zero-order valence-corrected chi connectivity index (χ0v) is 30.5. The van der Waals surface area contributed by atoms with E-state index in [1.807, 2.05) is 33.8 Å². The molecule has 0 aliphatic carbocycles. The van der Waals surface area contributed by atoms with Crippen molar-refractivity contribution in [2.45, 2.75) is 77.0 Å². The van der Waals surface area contributed by atoms with Gasteiger partial charge in [0.1, 0.15) is 24.2 Å². The molecule has 17 heteroatoms. The van der Waals surface area contributed by atoms with Crippen molar-refractivity contribution in [1.29, 1.82) is 0 Å². The molecule has 0 saturated carbocycles. The molecule has 3 aliphatic heterocycles. The number of aliphatic imine (C=N–C) groups is 1. The normalized spacial score (nSPS) is 25.3. The number of rotatable bonds is 13. The maximum atomic E-state index is 13.0. The fourth-order valence-corrected chi connectivity index (χ4v) is 8.98. The molecule has 4 heterocycles. The fourth-order valence-electron chi connectivity index (χ4n) is 5.83. The summed E-state index contributed by atoms with van der Waals surface area (Å²) in [5.74, 6) is -0.783. The highest BCUT2D eigenvalue weighted by molar-refractivity contribution is 7.91. The van der Waals surface area contributed by atoms with Crippen LogP contribution in [0.1, 0.15) is 57.9 Å². The Labute approximate surface area is 295 Å². The van der Waals surface area contributed by atoms with Gasteiger partial charge in [0, 0.05) is 44.9 Å². The van der Waals surface area contributed by atoms with Crippen LogP contribution in [0.3, 0.4) is 0 Å². The summed E-state index contributed by atoms with van der Waals surface area (Å²) < 4.78 is 60.9. The number of amides is 1. The highest BCUT2D eigenvalue weighted by Crippen LogP contribution is 2.50. The Hall–Kier alpha value is -2.95. The summed E-state index contributed by atoms with van der Waals surface area (Å²) in [5, 5.41) is 2.94. The van der Waals surface area contributed by atoms with Gasteiger partial charge in [0.05, 0.1) is 29.2 Å². The molecule has 2 saturated heterocycles. The molecule has 1 amide bonds. The van der Waals surface area contributed by atoms with Crippen LogP contribution in [0.25, 0.3) is 0 Å². The van der Waals surface area contributed by atoms with Crippen molar-refractivity contribution in [3.63, 3.8) is 0 Å². The lowest BCUT2D eigenvalue weighted by atomic mass is 9.94. The highest BCUT2D eigenvalue weighted by atomic mass is 32.2.